The molecule has 21 heavy (non-hydrogen) atoms. The van der Waals surface area contributed by atoms with E-state index in [-0.39, 0.29) is 17.9 Å². The van der Waals surface area contributed by atoms with Crippen molar-refractivity contribution in [2.45, 2.75) is 6.42 Å². The normalized spacial score (nSPS) is 10.1. The molecule has 0 aliphatic heterocycles. The number of hydrogen-bond donors (Lipinski definition) is 2. The molecule has 0 aliphatic rings. The number of nitro groups is 1. The smallest absolute Gasteiger partial charge is 0.270 e. The second-order valence-electron chi connectivity index (χ2n) is 4.43. The maximum Gasteiger partial charge on any atom is 0.270 e. The Labute approximate surface area is 121 Å². The largest absolute Gasteiger partial charge is 0.396 e. The van der Waals surface area contributed by atoms with Crippen LogP contribution >= 0.6 is 0 Å². The highest BCUT2D eigenvalue weighted by molar-refractivity contribution is 6.04. The van der Waals surface area contributed by atoms with Crippen LogP contribution in [0.5, 0.6) is 0 Å². The molecule has 0 fully saturated rings. The minimum atomic E-state index is -0.541. The molecule has 0 bridgehead atoms. The summed E-state index contributed by atoms with van der Waals surface area (Å²) in [6.07, 6.45) is 0.555. The van der Waals surface area contributed by atoms with Gasteiger partial charge in [-0.05, 0) is 30.2 Å². The van der Waals surface area contributed by atoms with Gasteiger partial charge in [0.25, 0.3) is 11.6 Å². The van der Waals surface area contributed by atoms with Gasteiger partial charge in [-0.25, -0.2) is 0 Å². The number of nitrogens with one attached hydrogen (secondary N) is 1. The highest BCUT2D eigenvalue weighted by Crippen LogP contribution is 2.16. The molecule has 0 saturated heterocycles. The molecule has 108 valence electrons. The number of non-ortho nitro benzene ring substituents is 1. The molecule has 0 spiro atoms. The van der Waals surface area contributed by atoms with Crippen molar-refractivity contribution in [3.05, 3.63) is 69.8 Å². The molecule has 0 radical (unpaired) electrons. The lowest BCUT2D eigenvalue weighted by molar-refractivity contribution is -0.384. The number of hydrogen-bond acceptors (Lipinski definition) is 4. The molecule has 2 rings (SSSR count). The van der Waals surface area contributed by atoms with Gasteiger partial charge < -0.3 is 10.4 Å². The second-order valence-corrected chi connectivity index (χ2v) is 4.43. The van der Waals surface area contributed by atoms with Crippen molar-refractivity contribution in [2.24, 2.45) is 0 Å². The monoisotopic (exact) mass is 286 g/mol. The van der Waals surface area contributed by atoms with E-state index in [1.54, 1.807) is 24.3 Å². The lowest BCUT2D eigenvalue weighted by Crippen LogP contribution is -2.12. The summed E-state index contributed by atoms with van der Waals surface area (Å²) in [6, 6.07) is 12.6. The maximum absolute atomic E-state index is 12.0. The summed E-state index contributed by atoms with van der Waals surface area (Å²) < 4.78 is 0. The standard InChI is InChI=1S/C15H14N2O4/c18-9-8-11-4-6-13(7-5-11)16-15(19)12-2-1-3-14(10-12)17(20)21/h1-7,10,18H,8-9H2,(H,16,19). The minimum absolute atomic E-state index is 0.0688. The van der Waals surface area contributed by atoms with Crippen LogP contribution in [-0.2, 0) is 6.42 Å². The number of amides is 1. The summed E-state index contributed by atoms with van der Waals surface area (Å²) in [6.45, 7) is 0.0688. The first-order valence-electron chi connectivity index (χ1n) is 6.36. The Kier molecular flexibility index (Phi) is 4.63. The molecule has 2 N–H and O–H groups in total. The summed E-state index contributed by atoms with van der Waals surface area (Å²) in [5.74, 6) is -0.409. The van der Waals surface area contributed by atoms with Gasteiger partial charge >= 0.3 is 0 Å². The van der Waals surface area contributed by atoms with Gasteiger partial charge in [0.2, 0.25) is 0 Å². The van der Waals surface area contributed by atoms with Gasteiger partial charge in [0.1, 0.15) is 0 Å². The minimum Gasteiger partial charge on any atom is -0.396 e. The summed E-state index contributed by atoms with van der Waals surface area (Å²) >= 11 is 0. The predicted octanol–water partition coefficient (Wildman–Crippen LogP) is 2.38. The van der Waals surface area contributed by atoms with Crippen LogP contribution in [0.25, 0.3) is 0 Å². The molecule has 0 unspecified atom stereocenters. The number of anilines is 1. The lowest BCUT2D eigenvalue weighted by Gasteiger charge is -2.06. The zero-order valence-corrected chi connectivity index (χ0v) is 11.2. The zero-order chi connectivity index (χ0) is 15.2. The second kappa shape index (κ2) is 6.62. The number of aliphatic hydroxyl groups is 1. The van der Waals surface area contributed by atoms with E-state index < -0.39 is 10.8 Å². The third-order valence-electron chi connectivity index (χ3n) is 2.93. The van der Waals surface area contributed by atoms with Crippen LogP contribution < -0.4 is 5.32 Å². The summed E-state index contributed by atoms with van der Waals surface area (Å²) in [4.78, 5) is 22.2. The molecule has 2 aromatic carbocycles. The zero-order valence-electron chi connectivity index (χ0n) is 11.2. The average molecular weight is 286 g/mol. The number of carbonyl (C=O) groups excluding carboxylic acids is 1. The van der Waals surface area contributed by atoms with E-state index in [9.17, 15) is 14.9 Å². The number of carbonyl (C=O) groups is 1. The number of benzene rings is 2. The van der Waals surface area contributed by atoms with Crippen LogP contribution in [0.15, 0.2) is 48.5 Å². The van der Waals surface area contributed by atoms with Gasteiger partial charge in [-0.3, -0.25) is 14.9 Å². The van der Waals surface area contributed by atoms with Crippen molar-refractivity contribution in [2.75, 3.05) is 11.9 Å². The quantitative estimate of drug-likeness (QED) is 0.652. The van der Waals surface area contributed by atoms with Crippen LogP contribution in [-0.4, -0.2) is 22.5 Å². The Morgan fingerprint density at radius 3 is 2.52 bits per heavy atom. The Hall–Kier alpha value is -2.73. The van der Waals surface area contributed by atoms with Crippen molar-refractivity contribution in [3.63, 3.8) is 0 Å². The number of aliphatic hydroxyl groups excluding tert-OH is 1. The Morgan fingerprint density at radius 1 is 1.19 bits per heavy atom. The number of rotatable bonds is 5. The molecule has 1 amide bonds. The first-order valence-corrected chi connectivity index (χ1v) is 6.36. The van der Waals surface area contributed by atoms with Crippen molar-refractivity contribution in [1.29, 1.82) is 0 Å². The van der Waals surface area contributed by atoms with E-state index >= 15 is 0 Å². The highest BCUT2D eigenvalue weighted by Gasteiger charge is 2.11. The molecule has 2 aromatic rings. The van der Waals surface area contributed by atoms with Gasteiger partial charge in [-0.2, -0.15) is 0 Å². The molecule has 6 nitrogen and oxygen atoms in total. The van der Waals surface area contributed by atoms with Crippen molar-refractivity contribution >= 4 is 17.3 Å². The van der Waals surface area contributed by atoms with Crippen molar-refractivity contribution < 1.29 is 14.8 Å². The van der Waals surface area contributed by atoms with Gasteiger partial charge in [0.15, 0.2) is 0 Å². The SMILES string of the molecule is O=C(Nc1ccc(CCO)cc1)c1cccc([N+](=O)[O-])c1. The maximum atomic E-state index is 12.0. The van der Waals surface area contributed by atoms with Crippen LogP contribution in [0.2, 0.25) is 0 Å². The first kappa shape index (κ1) is 14.7. The van der Waals surface area contributed by atoms with Crippen LogP contribution in [0, 0.1) is 10.1 Å². The van der Waals surface area contributed by atoms with Gasteiger partial charge in [0.05, 0.1) is 4.92 Å². The number of nitro benzene ring substituents is 1. The Bertz CT molecular complexity index is 653. The molecule has 0 heterocycles. The van der Waals surface area contributed by atoms with E-state index in [2.05, 4.69) is 5.32 Å². The topological polar surface area (TPSA) is 92.5 Å². The van der Waals surface area contributed by atoms with E-state index in [1.165, 1.54) is 24.3 Å². The third kappa shape index (κ3) is 3.87. The lowest BCUT2D eigenvalue weighted by atomic mass is 10.1. The summed E-state index contributed by atoms with van der Waals surface area (Å²) in [5, 5.41) is 22.2. The van der Waals surface area contributed by atoms with E-state index in [0.717, 1.165) is 5.56 Å². The number of nitrogens with zero attached hydrogens (tertiary/aromatic N) is 1. The predicted molar refractivity (Wildman–Crippen MR) is 78.3 cm³/mol. The fraction of sp³-hybridized carbons (Fsp3) is 0.133. The molecule has 0 aromatic heterocycles. The van der Waals surface area contributed by atoms with Gasteiger partial charge in [-0.15, -0.1) is 0 Å². The Balaban J connectivity index is 2.10. The van der Waals surface area contributed by atoms with E-state index in [4.69, 9.17) is 5.11 Å². The first-order chi connectivity index (χ1) is 10.1. The molecule has 0 aliphatic carbocycles. The van der Waals surface area contributed by atoms with Crippen molar-refractivity contribution in [1.82, 2.24) is 0 Å². The van der Waals surface area contributed by atoms with Gasteiger partial charge in [-0.1, -0.05) is 18.2 Å². The molecule has 6 heteroatoms. The molecular formula is C15H14N2O4. The third-order valence-corrected chi connectivity index (χ3v) is 2.93. The molecule has 0 atom stereocenters. The average Bonchev–Trinajstić information content (AvgIpc) is 2.49. The van der Waals surface area contributed by atoms with E-state index in [0.29, 0.717) is 12.1 Å². The molecular weight excluding hydrogens is 272 g/mol. The van der Waals surface area contributed by atoms with E-state index in [1.807, 2.05) is 0 Å². The van der Waals surface area contributed by atoms with Crippen molar-refractivity contribution in [3.8, 4) is 0 Å². The van der Waals surface area contributed by atoms with Crippen LogP contribution in [0.4, 0.5) is 11.4 Å². The molecule has 0 saturated carbocycles. The summed E-state index contributed by atoms with van der Waals surface area (Å²) in [7, 11) is 0. The van der Waals surface area contributed by atoms with Crippen LogP contribution in [0.3, 0.4) is 0 Å². The summed E-state index contributed by atoms with van der Waals surface area (Å²) in [5.41, 5.74) is 1.66. The Morgan fingerprint density at radius 2 is 1.90 bits per heavy atom. The fourth-order valence-electron chi connectivity index (χ4n) is 1.85. The fourth-order valence-corrected chi connectivity index (χ4v) is 1.85. The highest BCUT2D eigenvalue weighted by atomic mass is 16.6. The van der Waals surface area contributed by atoms with Gasteiger partial charge in [0, 0.05) is 30.0 Å². The van der Waals surface area contributed by atoms with Crippen LogP contribution in [0.1, 0.15) is 15.9 Å².